The number of imidazole rings is 1. The minimum atomic E-state index is 0.421. The Kier molecular flexibility index (Phi) is 5.01. The molecule has 1 aromatic heterocycles. The molecule has 0 atom stereocenters. The summed E-state index contributed by atoms with van der Waals surface area (Å²) in [4.78, 5) is 4.24. The number of aromatic nitrogens is 2. The van der Waals surface area contributed by atoms with Crippen molar-refractivity contribution in [2.45, 2.75) is 20.1 Å². The van der Waals surface area contributed by atoms with Gasteiger partial charge in [-0.3, -0.25) is 0 Å². The lowest BCUT2D eigenvalue weighted by Gasteiger charge is -2.12. The van der Waals surface area contributed by atoms with Crippen molar-refractivity contribution < 1.29 is 9.47 Å². The van der Waals surface area contributed by atoms with Crippen LogP contribution >= 0.6 is 0 Å². The minimum absolute atomic E-state index is 0.421. The monoisotopic (exact) mass is 275 g/mol. The first kappa shape index (κ1) is 14.4. The highest BCUT2D eigenvalue weighted by Gasteiger charge is 2.07. The largest absolute Gasteiger partial charge is 0.493 e. The number of nitrogens with zero attached hydrogens (tertiary/aromatic N) is 2. The Hall–Kier alpha value is -2.01. The number of nitrogens with one attached hydrogen (secondary N) is 1. The van der Waals surface area contributed by atoms with Gasteiger partial charge in [0.15, 0.2) is 11.5 Å². The first-order valence-electron chi connectivity index (χ1n) is 6.71. The molecule has 0 aliphatic rings. The van der Waals surface area contributed by atoms with Crippen LogP contribution in [0.5, 0.6) is 11.5 Å². The molecule has 5 heteroatoms. The van der Waals surface area contributed by atoms with Gasteiger partial charge in [-0.25, -0.2) is 4.98 Å². The molecule has 20 heavy (non-hydrogen) atoms. The zero-order valence-electron chi connectivity index (χ0n) is 12.2. The highest BCUT2D eigenvalue weighted by molar-refractivity contribution is 5.43. The molecule has 108 valence electrons. The van der Waals surface area contributed by atoms with E-state index in [4.69, 9.17) is 9.47 Å². The Balaban J connectivity index is 2.09. The van der Waals surface area contributed by atoms with Crippen molar-refractivity contribution in [3.8, 4) is 11.5 Å². The molecule has 1 N–H and O–H groups in total. The van der Waals surface area contributed by atoms with Crippen LogP contribution in [0.25, 0.3) is 0 Å². The van der Waals surface area contributed by atoms with Crippen LogP contribution in [0.4, 0.5) is 0 Å². The van der Waals surface area contributed by atoms with Crippen LogP contribution < -0.4 is 14.8 Å². The number of aryl methyl sites for hydroxylation is 1. The van der Waals surface area contributed by atoms with Gasteiger partial charge in [0.05, 0.1) is 7.11 Å². The first-order chi connectivity index (χ1) is 9.74. The number of methoxy groups -OCH3 is 1. The Labute approximate surface area is 119 Å². The van der Waals surface area contributed by atoms with E-state index in [2.05, 4.69) is 17.2 Å². The van der Waals surface area contributed by atoms with E-state index in [9.17, 15) is 0 Å². The second-order valence-corrected chi connectivity index (χ2v) is 4.51. The van der Waals surface area contributed by atoms with E-state index in [1.165, 1.54) is 5.56 Å². The van der Waals surface area contributed by atoms with Crippen molar-refractivity contribution in [3.63, 3.8) is 0 Å². The van der Waals surface area contributed by atoms with Gasteiger partial charge in [-0.15, -0.1) is 0 Å². The van der Waals surface area contributed by atoms with Crippen molar-refractivity contribution in [2.75, 3.05) is 13.7 Å². The van der Waals surface area contributed by atoms with Crippen LogP contribution in [0.2, 0.25) is 0 Å². The summed E-state index contributed by atoms with van der Waals surface area (Å²) in [6.07, 6.45) is 3.66. The van der Waals surface area contributed by atoms with E-state index in [1.807, 2.05) is 36.0 Å². The van der Waals surface area contributed by atoms with Gasteiger partial charge in [0, 0.05) is 26.0 Å². The summed E-state index contributed by atoms with van der Waals surface area (Å²) in [6, 6.07) is 5.97. The molecule has 1 heterocycles. The SMILES string of the molecule is CCNCc1ccc(OC)c(OCc2nccn2C)c1. The predicted octanol–water partition coefficient (Wildman–Crippen LogP) is 2.12. The van der Waals surface area contributed by atoms with Gasteiger partial charge in [0.2, 0.25) is 0 Å². The summed E-state index contributed by atoms with van der Waals surface area (Å²) in [7, 11) is 3.59. The van der Waals surface area contributed by atoms with Crippen molar-refractivity contribution in [1.82, 2.24) is 14.9 Å². The molecular weight excluding hydrogens is 254 g/mol. The first-order valence-corrected chi connectivity index (χ1v) is 6.71. The summed E-state index contributed by atoms with van der Waals surface area (Å²) in [5.41, 5.74) is 1.17. The fraction of sp³-hybridized carbons (Fsp3) is 0.400. The zero-order valence-corrected chi connectivity index (χ0v) is 12.2. The predicted molar refractivity (Wildman–Crippen MR) is 77.9 cm³/mol. The van der Waals surface area contributed by atoms with Crippen molar-refractivity contribution in [2.24, 2.45) is 7.05 Å². The van der Waals surface area contributed by atoms with Crippen molar-refractivity contribution >= 4 is 0 Å². The molecule has 1 aromatic carbocycles. The Bertz CT molecular complexity index is 552. The third kappa shape index (κ3) is 3.51. The van der Waals surface area contributed by atoms with E-state index in [1.54, 1.807) is 13.3 Å². The number of hydrogen-bond acceptors (Lipinski definition) is 4. The lowest BCUT2D eigenvalue weighted by Crippen LogP contribution is -2.12. The molecule has 0 unspecified atom stereocenters. The summed E-state index contributed by atoms with van der Waals surface area (Å²) < 4.78 is 13.1. The van der Waals surface area contributed by atoms with E-state index in [0.717, 1.165) is 30.4 Å². The fourth-order valence-electron chi connectivity index (χ4n) is 1.89. The van der Waals surface area contributed by atoms with Crippen LogP contribution in [0, 0.1) is 0 Å². The molecule has 0 aliphatic heterocycles. The maximum Gasteiger partial charge on any atom is 0.162 e. The normalized spacial score (nSPS) is 10.6. The van der Waals surface area contributed by atoms with Crippen LogP contribution in [0.15, 0.2) is 30.6 Å². The van der Waals surface area contributed by atoms with Crippen LogP contribution in [-0.4, -0.2) is 23.2 Å². The second kappa shape index (κ2) is 6.96. The standard InChI is InChI=1S/C15H21N3O2/c1-4-16-10-12-5-6-13(19-3)14(9-12)20-11-15-17-7-8-18(15)2/h5-9,16H,4,10-11H2,1-3H3. The van der Waals surface area contributed by atoms with Crippen LogP contribution in [0.1, 0.15) is 18.3 Å². The summed E-state index contributed by atoms with van der Waals surface area (Å²) in [5, 5.41) is 3.30. The second-order valence-electron chi connectivity index (χ2n) is 4.51. The molecule has 0 saturated heterocycles. The minimum Gasteiger partial charge on any atom is -0.493 e. The quantitative estimate of drug-likeness (QED) is 0.841. The fourth-order valence-corrected chi connectivity index (χ4v) is 1.89. The van der Waals surface area contributed by atoms with Gasteiger partial charge in [0.1, 0.15) is 12.4 Å². The van der Waals surface area contributed by atoms with Gasteiger partial charge >= 0.3 is 0 Å². The Morgan fingerprint density at radius 1 is 1.30 bits per heavy atom. The van der Waals surface area contributed by atoms with Crippen LogP contribution in [0.3, 0.4) is 0 Å². The number of hydrogen-bond donors (Lipinski definition) is 1. The average molecular weight is 275 g/mol. The van der Waals surface area contributed by atoms with Crippen molar-refractivity contribution in [1.29, 1.82) is 0 Å². The molecular formula is C15H21N3O2. The van der Waals surface area contributed by atoms with Gasteiger partial charge in [-0.2, -0.15) is 0 Å². The van der Waals surface area contributed by atoms with Gasteiger partial charge < -0.3 is 19.4 Å². The van der Waals surface area contributed by atoms with Gasteiger partial charge in [-0.1, -0.05) is 13.0 Å². The van der Waals surface area contributed by atoms with E-state index < -0.39 is 0 Å². The highest BCUT2D eigenvalue weighted by Crippen LogP contribution is 2.28. The number of ether oxygens (including phenoxy) is 2. The van der Waals surface area contributed by atoms with E-state index in [-0.39, 0.29) is 0 Å². The molecule has 2 rings (SSSR count). The maximum atomic E-state index is 5.84. The van der Waals surface area contributed by atoms with E-state index in [0.29, 0.717) is 6.61 Å². The molecule has 0 bridgehead atoms. The zero-order chi connectivity index (χ0) is 14.4. The third-order valence-electron chi connectivity index (χ3n) is 3.08. The summed E-state index contributed by atoms with van der Waals surface area (Å²) >= 11 is 0. The van der Waals surface area contributed by atoms with Crippen LogP contribution in [-0.2, 0) is 20.2 Å². The molecule has 0 radical (unpaired) electrons. The lowest BCUT2D eigenvalue weighted by atomic mass is 10.2. The average Bonchev–Trinajstić information content (AvgIpc) is 2.88. The van der Waals surface area contributed by atoms with Crippen molar-refractivity contribution in [3.05, 3.63) is 42.0 Å². The molecule has 2 aromatic rings. The Morgan fingerprint density at radius 3 is 2.80 bits per heavy atom. The highest BCUT2D eigenvalue weighted by atomic mass is 16.5. The van der Waals surface area contributed by atoms with Gasteiger partial charge in [0.25, 0.3) is 0 Å². The van der Waals surface area contributed by atoms with E-state index >= 15 is 0 Å². The maximum absolute atomic E-state index is 5.84. The molecule has 0 aliphatic carbocycles. The third-order valence-corrected chi connectivity index (χ3v) is 3.08. The number of benzene rings is 1. The summed E-state index contributed by atoms with van der Waals surface area (Å²) in [6.45, 7) is 4.27. The molecule has 0 spiro atoms. The lowest BCUT2D eigenvalue weighted by molar-refractivity contribution is 0.273. The smallest absolute Gasteiger partial charge is 0.162 e. The molecule has 5 nitrogen and oxygen atoms in total. The molecule has 0 fully saturated rings. The molecule has 0 amide bonds. The summed E-state index contributed by atoms with van der Waals surface area (Å²) in [5.74, 6) is 2.36. The number of rotatable bonds is 7. The van der Waals surface area contributed by atoms with Gasteiger partial charge in [-0.05, 0) is 24.2 Å². The Morgan fingerprint density at radius 2 is 2.15 bits per heavy atom. The topological polar surface area (TPSA) is 48.3 Å². The molecule has 0 saturated carbocycles.